The zero-order valence-electron chi connectivity index (χ0n) is 12.9. The third-order valence-electron chi connectivity index (χ3n) is 3.66. The Kier molecular flexibility index (Phi) is 6.61. The van der Waals surface area contributed by atoms with Crippen LogP contribution in [-0.4, -0.2) is 56.8 Å². The molecule has 0 spiro atoms. The van der Waals surface area contributed by atoms with Gasteiger partial charge in [-0.1, -0.05) is 0 Å². The lowest BCUT2D eigenvalue weighted by molar-refractivity contribution is -0.137. The molecule has 1 saturated heterocycles. The van der Waals surface area contributed by atoms with Gasteiger partial charge in [-0.25, -0.2) is 4.39 Å². The van der Waals surface area contributed by atoms with Gasteiger partial charge in [-0.2, -0.15) is 0 Å². The van der Waals surface area contributed by atoms with Gasteiger partial charge in [-0.05, 0) is 50.2 Å². The Balaban J connectivity index is 1.62. The maximum absolute atomic E-state index is 12.8. The average molecular weight is 310 g/mol. The smallest absolute Gasteiger partial charge is 0.248 e. The molecular formula is C16H23FN2O3. The highest BCUT2D eigenvalue weighted by Crippen LogP contribution is 2.11. The molecule has 1 aliphatic heterocycles. The van der Waals surface area contributed by atoms with E-state index in [9.17, 15) is 9.18 Å². The molecule has 0 atom stereocenters. The minimum atomic E-state index is -0.297. The lowest BCUT2D eigenvalue weighted by Gasteiger charge is -2.24. The third-order valence-corrected chi connectivity index (χ3v) is 3.66. The molecule has 0 aromatic heterocycles. The zero-order valence-corrected chi connectivity index (χ0v) is 12.9. The fourth-order valence-electron chi connectivity index (χ4n) is 2.22. The molecule has 2 rings (SSSR count). The number of nitrogens with zero attached hydrogens (tertiary/aromatic N) is 1. The predicted octanol–water partition coefficient (Wildman–Crippen LogP) is 1.43. The van der Waals surface area contributed by atoms with Gasteiger partial charge in [0, 0.05) is 7.05 Å². The summed E-state index contributed by atoms with van der Waals surface area (Å²) in [6.45, 7) is 2.82. The minimum Gasteiger partial charge on any atom is -0.492 e. The maximum Gasteiger partial charge on any atom is 0.248 e. The van der Waals surface area contributed by atoms with Crippen molar-refractivity contribution in [3.05, 3.63) is 30.1 Å². The van der Waals surface area contributed by atoms with Crippen LogP contribution in [0.1, 0.15) is 12.8 Å². The number of likely N-dealkylation sites (N-methyl/N-ethyl adjacent to an activating group) is 1. The van der Waals surface area contributed by atoms with Crippen molar-refractivity contribution in [2.24, 2.45) is 0 Å². The molecule has 0 saturated carbocycles. The standard InChI is InChI=1S/C16H23FN2O3/c1-19(10-11-21-14-4-2-13(17)3-5-14)16(20)12-22-15-6-8-18-9-7-15/h2-5,15,18H,6-12H2,1H3. The molecule has 6 heteroatoms. The van der Waals surface area contributed by atoms with Gasteiger partial charge < -0.3 is 19.7 Å². The van der Waals surface area contributed by atoms with Crippen LogP contribution in [0.25, 0.3) is 0 Å². The number of hydrogen-bond acceptors (Lipinski definition) is 4. The summed E-state index contributed by atoms with van der Waals surface area (Å²) in [5.41, 5.74) is 0. The van der Waals surface area contributed by atoms with E-state index in [1.807, 2.05) is 0 Å². The van der Waals surface area contributed by atoms with Crippen molar-refractivity contribution < 1.29 is 18.7 Å². The Bertz CT molecular complexity index is 461. The molecule has 1 aromatic rings. The van der Waals surface area contributed by atoms with Crippen molar-refractivity contribution in [1.82, 2.24) is 10.2 Å². The van der Waals surface area contributed by atoms with Crippen molar-refractivity contribution >= 4 is 5.91 Å². The molecule has 22 heavy (non-hydrogen) atoms. The van der Waals surface area contributed by atoms with Gasteiger partial charge in [0.05, 0.1) is 12.6 Å². The fourth-order valence-corrected chi connectivity index (χ4v) is 2.22. The van der Waals surface area contributed by atoms with E-state index in [4.69, 9.17) is 9.47 Å². The number of amides is 1. The van der Waals surface area contributed by atoms with Gasteiger partial charge in [0.2, 0.25) is 5.91 Å². The van der Waals surface area contributed by atoms with Crippen LogP contribution in [0.5, 0.6) is 5.75 Å². The van der Waals surface area contributed by atoms with E-state index in [-0.39, 0.29) is 24.4 Å². The molecule has 1 fully saturated rings. The van der Waals surface area contributed by atoms with Gasteiger partial charge in [0.25, 0.3) is 0 Å². The molecule has 1 aromatic carbocycles. The molecule has 1 amide bonds. The van der Waals surface area contributed by atoms with E-state index < -0.39 is 0 Å². The molecule has 0 aliphatic carbocycles. The van der Waals surface area contributed by atoms with Crippen molar-refractivity contribution in [3.63, 3.8) is 0 Å². The van der Waals surface area contributed by atoms with Gasteiger partial charge in [0.15, 0.2) is 0 Å². The third kappa shape index (κ3) is 5.61. The lowest BCUT2D eigenvalue weighted by atomic mass is 10.1. The van der Waals surface area contributed by atoms with Crippen LogP contribution in [0.3, 0.4) is 0 Å². The van der Waals surface area contributed by atoms with Crippen LogP contribution < -0.4 is 10.1 Å². The first-order chi connectivity index (χ1) is 10.6. The van der Waals surface area contributed by atoms with E-state index in [2.05, 4.69) is 5.32 Å². The number of carbonyl (C=O) groups excluding carboxylic acids is 1. The molecule has 1 N–H and O–H groups in total. The Labute approximate surface area is 130 Å². The normalized spacial score (nSPS) is 15.5. The van der Waals surface area contributed by atoms with Crippen LogP contribution in [0, 0.1) is 5.82 Å². The summed E-state index contributed by atoms with van der Waals surface area (Å²) in [6, 6.07) is 5.82. The first-order valence-corrected chi connectivity index (χ1v) is 7.60. The number of piperidine rings is 1. The summed E-state index contributed by atoms with van der Waals surface area (Å²) in [6.07, 6.45) is 2.07. The fraction of sp³-hybridized carbons (Fsp3) is 0.562. The SMILES string of the molecule is CN(CCOc1ccc(F)cc1)C(=O)COC1CCNCC1. The number of halogens is 1. The second-order valence-electron chi connectivity index (χ2n) is 5.38. The lowest BCUT2D eigenvalue weighted by Crippen LogP contribution is -2.37. The Morgan fingerprint density at radius 1 is 1.32 bits per heavy atom. The highest BCUT2D eigenvalue weighted by molar-refractivity contribution is 5.77. The molecule has 122 valence electrons. The van der Waals surface area contributed by atoms with Crippen molar-refractivity contribution in [2.75, 3.05) is 39.9 Å². The first kappa shape index (κ1) is 16.7. The Morgan fingerprint density at radius 3 is 2.68 bits per heavy atom. The number of benzene rings is 1. The van der Waals surface area contributed by atoms with E-state index in [1.165, 1.54) is 12.1 Å². The van der Waals surface area contributed by atoms with Crippen LogP contribution in [0.2, 0.25) is 0 Å². The quantitative estimate of drug-likeness (QED) is 0.828. The van der Waals surface area contributed by atoms with E-state index in [1.54, 1.807) is 24.1 Å². The average Bonchev–Trinajstić information content (AvgIpc) is 2.55. The monoisotopic (exact) mass is 310 g/mol. The second kappa shape index (κ2) is 8.70. The highest BCUT2D eigenvalue weighted by atomic mass is 19.1. The number of rotatable bonds is 7. The van der Waals surface area contributed by atoms with Crippen molar-refractivity contribution in [1.29, 1.82) is 0 Å². The maximum atomic E-state index is 12.8. The summed E-state index contributed by atoms with van der Waals surface area (Å²) in [5.74, 6) is 0.240. The van der Waals surface area contributed by atoms with Crippen LogP contribution in [0.15, 0.2) is 24.3 Å². The molecule has 5 nitrogen and oxygen atoms in total. The van der Waals surface area contributed by atoms with E-state index >= 15 is 0 Å². The summed E-state index contributed by atoms with van der Waals surface area (Å²) < 4.78 is 23.9. The topological polar surface area (TPSA) is 50.8 Å². The van der Waals surface area contributed by atoms with Crippen molar-refractivity contribution in [3.8, 4) is 5.75 Å². The number of hydrogen-bond donors (Lipinski definition) is 1. The number of nitrogens with one attached hydrogen (secondary N) is 1. The minimum absolute atomic E-state index is 0.0544. The van der Waals surface area contributed by atoms with E-state index in [0.29, 0.717) is 18.9 Å². The van der Waals surface area contributed by atoms with Gasteiger partial charge in [0.1, 0.15) is 24.8 Å². The second-order valence-corrected chi connectivity index (χ2v) is 5.38. The molecule has 0 unspecified atom stereocenters. The van der Waals surface area contributed by atoms with Crippen LogP contribution in [0.4, 0.5) is 4.39 Å². The largest absolute Gasteiger partial charge is 0.492 e. The van der Waals surface area contributed by atoms with E-state index in [0.717, 1.165) is 25.9 Å². The zero-order chi connectivity index (χ0) is 15.8. The summed E-state index contributed by atoms with van der Waals surface area (Å²) in [7, 11) is 1.72. The summed E-state index contributed by atoms with van der Waals surface area (Å²) in [5, 5.41) is 3.26. The Morgan fingerprint density at radius 2 is 2.00 bits per heavy atom. The highest BCUT2D eigenvalue weighted by Gasteiger charge is 2.16. The molecule has 1 heterocycles. The van der Waals surface area contributed by atoms with Gasteiger partial charge in [-0.3, -0.25) is 4.79 Å². The summed E-state index contributed by atoms with van der Waals surface area (Å²) in [4.78, 5) is 13.5. The predicted molar refractivity (Wildman–Crippen MR) is 81.4 cm³/mol. The van der Waals surface area contributed by atoms with Gasteiger partial charge >= 0.3 is 0 Å². The van der Waals surface area contributed by atoms with Crippen LogP contribution in [-0.2, 0) is 9.53 Å². The van der Waals surface area contributed by atoms with Gasteiger partial charge in [-0.15, -0.1) is 0 Å². The first-order valence-electron chi connectivity index (χ1n) is 7.60. The molecule has 0 bridgehead atoms. The summed E-state index contributed by atoms with van der Waals surface area (Å²) >= 11 is 0. The van der Waals surface area contributed by atoms with Crippen LogP contribution >= 0.6 is 0 Å². The molecular weight excluding hydrogens is 287 g/mol. The number of ether oxygens (including phenoxy) is 2. The molecule has 0 radical (unpaired) electrons. The van der Waals surface area contributed by atoms with Crippen molar-refractivity contribution in [2.45, 2.75) is 18.9 Å². The molecule has 1 aliphatic rings. The number of carbonyl (C=O) groups is 1. The Hall–Kier alpha value is -1.66.